The first-order valence-electron chi connectivity index (χ1n) is 9.37. The molecular formula is C20H31N2O2+. The molecule has 1 aliphatic rings. The molecule has 0 spiro atoms. The Kier molecular flexibility index (Phi) is 5.57. The number of imidazole rings is 1. The molecule has 1 atom stereocenters. The van der Waals surface area contributed by atoms with E-state index in [4.69, 9.17) is 4.74 Å². The summed E-state index contributed by atoms with van der Waals surface area (Å²) in [5.74, 6) is 0. The SMILES string of the molecule is CCn1c[n+](CC(O)COC2CCCCC2)c2cc(C)c(C)cc21. The van der Waals surface area contributed by atoms with Gasteiger partial charge >= 0.3 is 0 Å². The summed E-state index contributed by atoms with van der Waals surface area (Å²) in [6.07, 6.45) is 8.15. The summed E-state index contributed by atoms with van der Waals surface area (Å²) in [7, 11) is 0. The molecule has 0 amide bonds. The van der Waals surface area contributed by atoms with Crippen LogP contribution in [0.15, 0.2) is 18.5 Å². The van der Waals surface area contributed by atoms with E-state index in [1.165, 1.54) is 41.4 Å². The molecule has 1 aliphatic carbocycles. The molecule has 0 aliphatic heterocycles. The second-order valence-electron chi connectivity index (χ2n) is 7.23. The topological polar surface area (TPSA) is 38.3 Å². The fourth-order valence-corrected chi connectivity index (χ4v) is 3.69. The van der Waals surface area contributed by atoms with Gasteiger partial charge in [0.25, 0.3) is 0 Å². The lowest BCUT2D eigenvalue weighted by molar-refractivity contribution is -0.679. The van der Waals surface area contributed by atoms with E-state index in [-0.39, 0.29) is 0 Å². The predicted octanol–water partition coefficient (Wildman–Crippen LogP) is 3.28. The highest BCUT2D eigenvalue weighted by molar-refractivity contribution is 5.74. The summed E-state index contributed by atoms with van der Waals surface area (Å²) >= 11 is 0. The maximum atomic E-state index is 10.4. The average Bonchev–Trinajstić information content (AvgIpc) is 2.91. The Labute approximate surface area is 145 Å². The summed E-state index contributed by atoms with van der Waals surface area (Å²) in [6, 6.07) is 4.47. The minimum Gasteiger partial charge on any atom is -0.387 e. The molecule has 0 bridgehead atoms. The molecule has 1 fully saturated rings. The van der Waals surface area contributed by atoms with Crippen LogP contribution in [0.5, 0.6) is 0 Å². The van der Waals surface area contributed by atoms with Crippen molar-refractivity contribution < 1.29 is 14.4 Å². The van der Waals surface area contributed by atoms with Crippen molar-refractivity contribution in [2.75, 3.05) is 6.61 Å². The van der Waals surface area contributed by atoms with E-state index in [1.54, 1.807) is 0 Å². The van der Waals surface area contributed by atoms with E-state index in [2.05, 4.69) is 48.4 Å². The molecule has 1 aromatic heterocycles. The molecular weight excluding hydrogens is 300 g/mol. The summed E-state index contributed by atoms with van der Waals surface area (Å²) in [4.78, 5) is 0. The zero-order valence-electron chi connectivity index (χ0n) is 15.3. The van der Waals surface area contributed by atoms with Crippen LogP contribution >= 0.6 is 0 Å². The molecule has 4 heteroatoms. The molecule has 2 aromatic rings. The molecule has 3 rings (SSSR count). The smallest absolute Gasteiger partial charge is 0.244 e. The number of nitrogens with zero attached hydrogens (tertiary/aromatic N) is 2. The van der Waals surface area contributed by atoms with Gasteiger partial charge < -0.3 is 9.84 Å². The highest BCUT2D eigenvalue weighted by Crippen LogP contribution is 2.21. The molecule has 0 saturated heterocycles. The fourth-order valence-electron chi connectivity index (χ4n) is 3.69. The largest absolute Gasteiger partial charge is 0.387 e. The number of benzene rings is 1. The lowest BCUT2D eigenvalue weighted by Crippen LogP contribution is -2.41. The van der Waals surface area contributed by atoms with Gasteiger partial charge in [-0.25, -0.2) is 9.13 Å². The third-order valence-electron chi connectivity index (χ3n) is 5.31. The van der Waals surface area contributed by atoms with Gasteiger partial charge in [-0.3, -0.25) is 0 Å². The first-order chi connectivity index (χ1) is 11.6. The van der Waals surface area contributed by atoms with Gasteiger partial charge in [0.1, 0.15) is 12.6 Å². The number of rotatable bonds is 6. The van der Waals surface area contributed by atoms with Crippen molar-refractivity contribution >= 4 is 11.0 Å². The third-order valence-corrected chi connectivity index (χ3v) is 5.31. The maximum Gasteiger partial charge on any atom is 0.244 e. The van der Waals surface area contributed by atoms with Crippen molar-refractivity contribution in [2.45, 2.75) is 78.2 Å². The van der Waals surface area contributed by atoms with Crippen LogP contribution in [0.1, 0.15) is 50.2 Å². The van der Waals surface area contributed by atoms with Crippen LogP contribution in [0.25, 0.3) is 11.0 Å². The van der Waals surface area contributed by atoms with Gasteiger partial charge in [-0.05, 0) is 56.9 Å². The number of fused-ring (bicyclic) bond motifs is 1. The minimum atomic E-state index is -0.463. The molecule has 1 N–H and O–H groups in total. The van der Waals surface area contributed by atoms with Gasteiger partial charge in [-0.1, -0.05) is 19.3 Å². The van der Waals surface area contributed by atoms with Gasteiger partial charge in [0.15, 0.2) is 11.0 Å². The van der Waals surface area contributed by atoms with E-state index in [0.717, 1.165) is 19.4 Å². The molecule has 132 valence electrons. The van der Waals surface area contributed by atoms with Crippen LogP contribution in [-0.2, 0) is 17.8 Å². The first kappa shape index (κ1) is 17.4. The zero-order chi connectivity index (χ0) is 17.1. The average molecular weight is 331 g/mol. The van der Waals surface area contributed by atoms with Crippen LogP contribution in [0, 0.1) is 13.8 Å². The molecule has 0 radical (unpaired) electrons. The van der Waals surface area contributed by atoms with Crippen LogP contribution < -0.4 is 4.57 Å². The second kappa shape index (κ2) is 7.66. The zero-order valence-corrected chi connectivity index (χ0v) is 15.3. The highest BCUT2D eigenvalue weighted by atomic mass is 16.5. The lowest BCUT2D eigenvalue weighted by Gasteiger charge is -2.23. The Bertz CT molecular complexity index is 686. The van der Waals surface area contributed by atoms with Crippen molar-refractivity contribution in [3.8, 4) is 0 Å². The molecule has 1 unspecified atom stereocenters. The maximum absolute atomic E-state index is 10.4. The Morgan fingerprint density at radius 3 is 2.62 bits per heavy atom. The number of hydrogen-bond acceptors (Lipinski definition) is 2. The fraction of sp³-hybridized carbons (Fsp3) is 0.650. The van der Waals surface area contributed by atoms with Gasteiger partial charge in [-0.2, -0.15) is 0 Å². The van der Waals surface area contributed by atoms with Gasteiger partial charge in [0.2, 0.25) is 6.33 Å². The number of aromatic nitrogens is 2. The normalized spacial score (nSPS) is 17.5. The predicted molar refractivity (Wildman–Crippen MR) is 96.1 cm³/mol. The summed E-state index contributed by atoms with van der Waals surface area (Å²) in [6.45, 7) is 8.40. The van der Waals surface area contributed by atoms with Gasteiger partial charge in [0, 0.05) is 0 Å². The quantitative estimate of drug-likeness (QED) is 0.825. The minimum absolute atomic E-state index is 0.347. The summed E-state index contributed by atoms with van der Waals surface area (Å²) in [5, 5.41) is 10.4. The van der Waals surface area contributed by atoms with Crippen LogP contribution in [-0.4, -0.2) is 28.5 Å². The third kappa shape index (κ3) is 3.81. The van der Waals surface area contributed by atoms with E-state index in [1.807, 2.05) is 0 Å². The van der Waals surface area contributed by atoms with Crippen LogP contribution in [0.4, 0.5) is 0 Å². The number of ether oxygens (including phenoxy) is 1. The second-order valence-corrected chi connectivity index (χ2v) is 7.23. The van der Waals surface area contributed by atoms with E-state index in [9.17, 15) is 5.11 Å². The molecule has 1 saturated carbocycles. The number of aliphatic hydroxyl groups is 1. The number of hydrogen-bond donors (Lipinski definition) is 1. The summed E-state index contributed by atoms with van der Waals surface area (Å²) < 4.78 is 10.3. The first-order valence-corrected chi connectivity index (χ1v) is 9.37. The van der Waals surface area contributed by atoms with Crippen molar-refractivity contribution in [3.63, 3.8) is 0 Å². The lowest BCUT2D eigenvalue weighted by atomic mass is 9.98. The van der Waals surface area contributed by atoms with E-state index < -0.39 is 6.10 Å². The van der Waals surface area contributed by atoms with Crippen LogP contribution in [0.3, 0.4) is 0 Å². The monoisotopic (exact) mass is 331 g/mol. The van der Waals surface area contributed by atoms with Crippen LogP contribution in [0.2, 0.25) is 0 Å². The highest BCUT2D eigenvalue weighted by Gasteiger charge is 2.20. The van der Waals surface area contributed by atoms with E-state index >= 15 is 0 Å². The van der Waals surface area contributed by atoms with Crippen molar-refractivity contribution in [1.29, 1.82) is 0 Å². The molecule has 4 nitrogen and oxygen atoms in total. The standard InChI is InChI=1S/C20H31N2O2/c1-4-21-14-22(20-11-16(3)15(2)10-19(20)21)12-17(23)13-24-18-8-6-5-7-9-18/h10-11,14,17-18,23H,4-9,12-13H2,1-3H3/q+1. The molecule has 24 heavy (non-hydrogen) atoms. The Morgan fingerprint density at radius 2 is 1.92 bits per heavy atom. The summed E-state index contributed by atoms with van der Waals surface area (Å²) in [5.41, 5.74) is 5.03. The van der Waals surface area contributed by atoms with Crippen molar-refractivity contribution in [3.05, 3.63) is 29.6 Å². The van der Waals surface area contributed by atoms with Crippen molar-refractivity contribution in [1.82, 2.24) is 4.57 Å². The van der Waals surface area contributed by atoms with Gasteiger partial charge in [0.05, 0.1) is 19.3 Å². The van der Waals surface area contributed by atoms with Crippen molar-refractivity contribution in [2.24, 2.45) is 0 Å². The molecule has 1 aromatic carbocycles. The van der Waals surface area contributed by atoms with E-state index in [0.29, 0.717) is 19.3 Å². The Balaban J connectivity index is 1.70. The molecule has 1 heterocycles. The number of aliphatic hydroxyl groups excluding tert-OH is 1. The Hall–Kier alpha value is -1.39. The van der Waals surface area contributed by atoms with Gasteiger partial charge in [-0.15, -0.1) is 0 Å². The number of aryl methyl sites for hydroxylation is 3. The Morgan fingerprint density at radius 1 is 1.21 bits per heavy atom.